The Hall–Kier alpha value is -4.70. The van der Waals surface area contributed by atoms with Crippen molar-refractivity contribution in [3.8, 4) is 16.9 Å². The first kappa shape index (κ1) is 20.9. The molecule has 0 saturated heterocycles. The van der Waals surface area contributed by atoms with Crippen LogP contribution in [0, 0.1) is 0 Å². The van der Waals surface area contributed by atoms with Gasteiger partial charge in [0.05, 0.1) is 5.71 Å². The molecule has 0 radical (unpaired) electrons. The summed E-state index contributed by atoms with van der Waals surface area (Å²) in [4.78, 5) is 12.8. The third-order valence-corrected chi connectivity index (χ3v) is 6.27. The number of fused-ring (bicyclic) bond motifs is 4. The van der Waals surface area contributed by atoms with Crippen LogP contribution in [0.5, 0.6) is 5.75 Å². The highest BCUT2D eigenvalue weighted by Gasteiger charge is 2.24. The molecule has 6 rings (SSSR count). The molecule has 35 heavy (non-hydrogen) atoms. The molecule has 0 bridgehead atoms. The highest BCUT2D eigenvalue weighted by molar-refractivity contribution is 6.24. The zero-order chi connectivity index (χ0) is 23.6. The maximum atomic E-state index is 12.8. The smallest absolute Gasteiger partial charge is 0.271 e. The van der Waals surface area contributed by atoms with Crippen molar-refractivity contribution in [2.45, 2.75) is 6.61 Å². The lowest BCUT2D eigenvalue weighted by Crippen LogP contribution is -2.20. The predicted molar refractivity (Wildman–Crippen MR) is 140 cm³/mol. The Kier molecular flexibility index (Phi) is 5.32. The minimum absolute atomic E-state index is 0.249. The van der Waals surface area contributed by atoms with E-state index in [1.807, 2.05) is 72.8 Å². The Morgan fingerprint density at radius 2 is 1.26 bits per heavy atom. The molecule has 5 aromatic rings. The van der Waals surface area contributed by atoms with Gasteiger partial charge in [-0.1, -0.05) is 91.0 Å². The number of hydrazone groups is 1. The molecule has 0 atom stereocenters. The van der Waals surface area contributed by atoms with Crippen molar-refractivity contribution in [1.82, 2.24) is 5.43 Å². The highest BCUT2D eigenvalue weighted by atomic mass is 16.5. The number of amides is 1. The summed E-state index contributed by atoms with van der Waals surface area (Å²) in [7, 11) is 0. The molecule has 5 aromatic carbocycles. The zero-order valence-corrected chi connectivity index (χ0v) is 18.9. The Morgan fingerprint density at radius 1 is 0.657 bits per heavy atom. The quantitative estimate of drug-likeness (QED) is 0.299. The Morgan fingerprint density at radius 3 is 1.94 bits per heavy atom. The van der Waals surface area contributed by atoms with Crippen LogP contribution in [0.2, 0.25) is 0 Å². The van der Waals surface area contributed by atoms with E-state index in [-0.39, 0.29) is 5.91 Å². The first-order chi connectivity index (χ1) is 17.3. The van der Waals surface area contributed by atoms with Crippen LogP contribution >= 0.6 is 0 Å². The van der Waals surface area contributed by atoms with Gasteiger partial charge in [0, 0.05) is 16.7 Å². The number of nitrogens with zero attached hydrogens (tertiary/aromatic N) is 1. The predicted octanol–water partition coefficient (Wildman–Crippen LogP) is 6.58. The molecule has 4 nitrogen and oxygen atoms in total. The van der Waals surface area contributed by atoms with E-state index in [1.54, 1.807) is 12.1 Å². The van der Waals surface area contributed by atoms with E-state index in [4.69, 9.17) is 4.74 Å². The second-order valence-corrected chi connectivity index (χ2v) is 8.49. The van der Waals surface area contributed by atoms with E-state index in [1.165, 1.54) is 5.39 Å². The second kappa shape index (κ2) is 8.92. The number of nitrogens with one attached hydrogen (secondary N) is 1. The van der Waals surface area contributed by atoms with Crippen molar-refractivity contribution in [1.29, 1.82) is 0 Å². The SMILES string of the molecule is O=C(NN=C1c2ccccc2-c2ccccc21)c1ccc(COc2ccc3ccccc3c2)cc1. The molecule has 0 aliphatic heterocycles. The number of hydrogen-bond donors (Lipinski definition) is 1. The van der Waals surface area contributed by atoms with Gasteiger partial charge in [-0.25, -0.2) is 5.43 Å². The van der Waals surface area contributed by atoms with E-state index in [9.17, 15) is 4.79 Å². The maximum Gasteiger partial charge on any atom is 0.271 e. The molecule has 0 fully saturated rings. The van der Waals surface area contributed by atoms with Crippen LogP contribution in [-0.2, 0) is 6.61 Å². The van der Waals surface area contributed by atoms with Crippen LogP contribution in [0.15, 0.2) is 120 Å². The van der Waals surface area contributed by atoms with Gasteiger partial charge in [0.15, 0.2) is 0 Å². The second-order valence-electron chi connectivity index (χ2n) is 8.49. The van der Waals surface area contributed by atoms with E-state index < -0.39 is 0 Å². The average molecular weight is 455 g/mol. The normalized spacial score (nSPS) is 11.6. The molecule has 0 unspecified atom stereocenters. The topological polar surface area (TPSA) is 50.7 Å². The molecular weight excluding hydrogens is 432 g/mol. The first-order valence-corrected chi connectivity index (χ1v) is 11.5. The number of benzene rings is 5. The average Bonchev–Trinajstić information content (AvgIpc) is 3.24. The van der Waals surface area contributed by atoms with E-state index >= 15 is 0 Å². The van der Waals surface area contributed by atoms with Crippen molar-refractivity contribution in [2.24, 2.45) is 5.10 Å². The lowest BCUT2D eigenvalue weighted by Gasteiger charge is -2.08. The Labute approximate surface area is 203 Å². The molecule has 0 spiro atoms. The summed E-state index contributed by atoms with van der Waals surface area (Å²) in [6, 6.07) is 37.9. The van der Waals surface area contributed by atoms with Crippen molar-refractivity contribution >= 4 is 22.4 Å². The third kappa shape index (κ3) is 4.06. The molecular formula is C31H22N2O2. The van der Waals surface area contributed by atoms with Gasteiger partial charge in [-0.2, -0.15) is 5.10 Å². The minimum atomic E-state index is -0.249. The zero-order valence-electron chi connectivity index (χ0n) is 18.9. The van der Waals surface area contributed by atoms with Crippen LogP contribution in [0.1, 0.15) is 27.0 Å². The summed E-state index contributed by atoms with van der Waals surface area (Å²) in [5.41, 5.74) is 9.36. The van der Waals surface area contributed by atoms with Gasteiger partial charge in [-0.15, -0.1) is 0 Å². The molecule has 0 heterocycles. The number of rotatable bonds is 5. The molecule has 1 aliphatic rings. The van der Waals surface area contributed by atoms with Gasteiger partial charge in [0.2, 0.25) is 0 Å². The van der Waals surface area contributed by atoms with Crippen LogP contribution in [0.25, 0.3) is 21.9 Å². The van der Waals surface area contributed by atoms with Gasteiger partial charge in [-0.05, 0) is 51.7 Å². The van der Waals surface area contributed by atoms with Gasteiger partial charge in [0.1, 0.15) is 12.4 Å². The minimum Gasteiger partial charge on any atom is -0.489 e. The summed E-state index contributed by atoms with van der Waals surface area (Å²) in [5, 5.41) is 6.83. The van der Waals surface area contributed by atoms with E-state index in [2.05, 4.69) is 40.9 Å². The summed E-state index contributed by atoms with van der Waals surface area (Å²) in [6.45, 7) is 0.427. The van der Waals surface area contributed by atoms with Crippen molar-refractivity contribution in [3.05, 3.63) is 138 Å². The van der Waals surface area contributed by atoms with Gasteiger partial charge < -0.3 is 4.74 Å². The maximum absolute atomic E-state index is 12.8. The molecule has 4 heteroatoms. The van der Waals surface area contributed by atoms with Gasteiger partial charge in [-0.3, -0.25) is 4.79 Å². The molecule has 1 N–H and O–H groups in total. The Balaban J connectivity index is 1.14. The standard InChI is InChI=1S/C31H22N2O2/c34-31(33-32-30-28-11-5-3-9-26(28)27-10-4-6-12-29(27)30)23-15-13-21(14-16-23)20-35-25-18-17-22-7-1-2-8-24(22)19-25/h1-19H,20H2,(H,33,34). The summed E-state index contributed by atoms with van der Waals surface area (Å²) in [5.74, 6) is 0.569. The summed E-state index contributed by atoms with van der Waals surface area (Å²) >= 11 is 0. The molecule has 1 amide bonds. The Bertz CT molecular complexity index is 1540. The molecule has 168 valence electrons. The van der Waals surface area contributed by atoms with Crippen LogP contribution in [0.3, 0.4) is 0 Å². The molecule has 0 saturated carbocycles. The van der Waals surface area contributed by atoms with Crippen LogP contribution in [0.4, 0.5) is 0 Å². The largest absolute Gasteiger partial charge is 0.489 e. The fraction of sp³-hybridized carbons (Fsp3) is 0.0323. The number of hydrogen-bond acceptors (Lipinski definition) is 3. The fourth-order valence-electron chi connectivity index (χ4n) is 4.46. The molecule has 1 aliphatic carbocycles. The summed E-state index contributed by atoms with van der Waals surface area (Å²) in [6.07, 6.45) is 0. The number of ether oxygens (including phenoxy) is 1. The van der Waals surface area contributed by atoms with Crippen molar-refractivity contribution in [3.63, 3.8) is 0 Å². The fourth-order valence-corrected chi connectivity index (χ4v) is 4.46. The monoisotopic (exact) mass is 454 g/mol. The summed E-state index contributed by atoms with van der Waals surface area (Å²) < 4.78 is 5.96. The van der Waals surface area contributed by atoms with Gasteiger partial charge >= 0.3 is 0 Å². The van der Waals surface area contributed by atoms with E-state index in [0.717, 1.165) is 44.7 Å². The van der Waals surface area contributed by atoms with Gasteiger partial charge in [0.25, 0.3) is 5.91 Å². The van der Waals surface area contributed by atoms with Crippen molar-refractivity contribution in [2.75, 3.05) is 0 Å². The van der Waals surface area contributed by atoms with Crippen LogP contribution < -0.4 is 10.2 Å². The lowest BCUT2D eigenvalue weighted by molar-refractivity contribution is 0.0955. The molecule has 0 aromatic heterocycles. The third-order valence-electron chi connectivity index (χ3n) is 6.27. The van der Waals surface area contributed by atoms with E-state index in [0.29, 0.717) is 12.2 Å². The van der Waals surface area contributed by atoms with Crippen LogP contribution in [-0.4, -0.2) is 11.6 Å². The number of carbonyl (C=O) groups excluding carboxylic acids is 1. The van der Waals surface area contributed by atoms with Crippen molar-refractivity contribution < 1.29 is 9.53 Å². The first-order valence-electron chi connectivity index (χ1n) is 11.5. The lowest BCUT2D eigenvalue weighted by atomic mass is 10.1. The number of carbonyl (C=O) groups is 1. The highest BCUT2D eigenvalue weighted by Crippen LogP contribution is 2.36.